The highest BCUT2D eigenvalue weighted by atomic mass is 32.1. The maximum atomic E-state index is 6.34. The van der Waals surface area contributed by atoms with E-state index in [4.69, 9.17) is 19.4 Å². The van der Waals surface area contributed by atoms with Gasteiger partial charge in [-0.15, -0.1) is 11.3 Å². The second-order valence-corrected chi connectivity index (χ2v) is 17.8. The van der Waals surface area contributed by atoms with Crippen molar-refractivity contribution in [3.05, 3.63) is 206 Å². The fraction of sp³-hybridized carbons (Fsp3) is 0. The van der Waals surface area contributed by atoms with Gasteiger partial charge in [0.2, 0.25) is 0 Å². The molecule has 4 heterocycles. The molecule has 6 heteroatoms. The van der Waals surface area contributed by atoms with Crippen molar-refractivity contribution in [2.45, 2.75) is 0 Å². The van der Waals surface area contributed by atoms with Crippen LogP contribution in [-0.4, -0.2) is 19.5 Å². The summed E-state index contributed by atoms with van der Waals surface area (Å²) in [4.78, 5) is 15.3. The largest absolute Gasteiger partial charge is 0.456 e. The second-order valence-electron chi connectivity index (χ2n) is 16.7. The molecule has 0 saturated heterocycles. The van der Waals surface area contributed by atoms with E-state index in [1.807, 2.05) is 30.3 Å². The molecule has 14 aromatic rings. The van der Waals surface area contributed by atoms with Gasteiger partial charge in [0.1, 0.15) is 11.2 Å². The van der Waals surface area contributed by atoms with Gasteiger partial charge in [0.05, 0.1) is 11.0 Å². The Morgan fingerprint density at radius 1 is 0.354 bits per heavy atom. The van der Waals surface area contributed by atoms with Gasteiger partial charge in [-0.3, -0.25) is 0 Å². The summed E-state index contributed by atoms with van der Waals surface area (Å²) < 4.78 is 11.2. The summed E-state index contributed by atoms with van der Waals surface area (Å²) in [5, 5.41) is 12.0. The molecule has 0 aliphatic carbocycles. The molecule has 65 heavy (non-hydrogen) atoms. The van der Waals surface area contributed by atoms with E-state index in [0.717, 1.165) is 60.8 Å². The summed E-state index contributed by atoms with van der Waals surface area (Å²) in [5.74, 6) is 1.94. The van der Waals surface area contributed by atoms with Crippen LogP contribution < -0.4 is 0 Å². The van der Waals surface area contributed by atoms with Crippen molar-refractivity contribution in [1.82, 2.24) is 19.5 Å². The van der Waals surface area contributed by atoms with Gasteiger partial charge in [-0.05, 0) is 87.3 Å². The van der Waals surface area contributed by atoms with Crippen molar-refractivity contribution in [2.75, 3.05) is 0 Å². The minimum atomic E-state index is 0.646. The van der Waals surface area contributed by atoms with E-state index in [0.29, 0.717) is 17.5 Å². The summed E-state index contributed by atoms with van der Waals surface area (Å²) in [6.45, 7) is 0. The van der Waals surface area contributed by atoms with Crippen LogP contribution in [0.1, 0.15) is 0 Å². The average molecular weight is 847 g/mol. The monoisotopic (exact) mass is 846 g/mol. The van der Waals surface area contributed by atoms with Crippen LogP contribution in [0.25, 0.3) is 136 Å². The Morgan fingerprint density at radius 2 is 0.954 bits per heavy atom. The molecule has 0 unspecified atom stereocenters. The van der Waals surface area contributed by atoms with Crippen LogP contribution >= 0.6 is 11.3 Å². The van der Waals surface area contributed by atoms with Crippen LogP contribution in [0.5, 0.6) is 0 Å². The van der Waals surface area contributed by atoms with Crippen LogP contribution in [0, 0.1) is 0 Å². The molecule has 0 amide bonds. The van der Waals surface area contributed by atoms with Gasteiger partial charge in [0, 0.05) is 64.1 Å². The summed E-state index contributed by atoms with van der Waals surface area (Å²) in [6.07, 6.45) is 0. The van der Waals surface area contributed by atoms with E-state index in [1.54, 1.807) is 11.3 Å². The lowest BCUT2D eigenvalue weighted by molar-refractivity contribution is 0.669. The van der Waals surface area contributed by atoms with Crippen molar-refractivity contribution in [1.29, 1.82) is 0 Å². The number of benzene rings is 10. The van der Waals surface area contributed by atoms with Crippen molar-refractivity contribution in [3.63, 3.8) is 0 Å². The number of fused-ring (bicyclic) bond motifs is 12. The highest BCUT2D eigenvalue weighted by Crippen LogP contribution is 2.43. The Morgan fingerprint density at radius 3 is 1.82 bits per heavy atom. The molecule has 4 aromatic heterocycles. The van der Waals surface area contributed by atoms with Gasteiger partial charge in [0.15, 0.2) is 17.5 Å². The summed E-state index contributed by atoms with van der Waals surface area (Å²) in [5.41, 5.74) is 10.4. The molecule has 0 atom stereocenters. The third-order valence-corrected chi connectivity index (χ3v) is 14.1. The smallest absolute Gasteiger partial charge is 0.164 e. The first kappa shape index (κ1) is 36.1. The van der Waals surface area contributed by atoms with Crippen LogP contribution in [0.4, 0.5) is 0 Å². The lowest BCUT2D eigenvalue weighted by atomic mass is 9.98. The molecule has 10 aromatic carbocycles. The van der Waals surface area contributed by atoms with E-state index >= 15 is 0 Å². The number of aromatic nitrogens is 4. The predicted molar refractivity (Wildman–Crippen MR) is 271 cm³/mol. The molecule has 5 nitrogen and oxygen atoms in total. The molecule has 302 valence electrons. The van der Waals surface area contributed by atoms with Crippen LogP contribution in [0.2, 0.25) is 0 Å². The summed E-state index contributed by atoms with van der Waals surface area (Å²) in [6, 6.07) is 73.4. The maximum absolute atomic E-state index is 6.34. The molecule has 0 saturated carbocycles. The standard InChI is InChI=1S/C59H34N4OS/c1-2-12-36(13-3-1)57-60-58(39-24-27-43-37(31-39)22-21-35-11-4-5-14-42(35)43)62-59(61-57)40-25-29-47-48-30-26-41(34-55(48)65-54(47)33-40)63-50-18-8-6-16-49(50)56-44(17-10-19-51(56)63)38-23-28-46-45-15-7-9-20-52(45)64-53(46)32-38/h1-34H. The molecule has 0 aliphatic heterocycles. The van der Waals surface area contributed by atoms with Crippen molar-refractivity contribution in [3.8, 4) is 51.0 Å². The Balaban J connectivity index is 0.885. The SMILES string of the molecule is c1ccc(-c2nc(-c3ccc4c(ccc5ccccc54)c3)nc(-c3ccc4c(c3)sc3cc(-n5c6ccccc6c6c(-c7ccc8c(c7)oc7ccccc78)cccc65)ccc34)n2)cc1. The molecular weight excluding hydrogens is 813 g/mol. The van der Waals surface area contributed by atoms with Gasteiger partial charge in [-0.2, -0.15) is 0 Å². The van der Waals surface area contributed by atoms with E-state index in [2.05, 4.69) is 180 Å². The highest BCUT2D eigenvalue weighted by Gasteiger charge is 2.19. The van der Waals surface area contributed by atoms with Crippen LogP contribution in [0.3, 0.4) is 0 Å². The fourth-order valence-corrected chi connectivity index (χ4v) is 11.2. The Kier molecular flexibility index (Phi) is 7.79. The molecular formula is C59H34N4OS. The van der Waals surface area contributed by atoms with E-state index < -0.39 is 0 Å². The summed E-state index contributed by atoms with van der Waals surface area (Å²) in [7, 11) is 0. The Bertz CT molecular complexity index is 4260. The first-order valence-electron chi connectivity index (χ1n) is 21.8. The molecule has 0 radical (unpaired) electrons. The number of nitrogens with zero attached hydrogens (tertiary/aromatic N) is 4. The Labute approximate surface area is 376 Å². The Hall–Kier alpha value is -8.45. The average Bonchev–Trinajstić information content (AvgIpc) is 4.05. The topological polar surface area (TPSA) is 56.7 Å². The number of rotatable bonds is 5. The normalized spacial score (nSPS) is 12.0. The zero-order valence-corrected chi connectivity index (χ0v) is 35.6. The van der Waals surface area contributed by atoms with Gasteiger partial charge in [0.25, 0.3) is 0 Å². The minimum Gasteiger partial charge on any atom is -0.456 e. The van der Waals surface area contributed by atoms with Crippen LogP contribution in [-0.2, 0) is 0 Å². The van der Waals surface area contributed by atoms with Crippen molar-refractivity contribution < 1.29 is 4.42 Å². The van der Waals surface area contributed by atoms with Gasteiger partial charge in [-0.1, -0.05) is 152 Å². The van der Waals surface area contributed by atoms with Crippen LogP contribution in [0.15, 0.2) is 211 Å². The number of hydrogen-bond acceptors (Lipinski definition) is 5. The van der Waals surface area contributed by atoms with Crippen molar-refractivity contribution in [2.24, 2.45) is 0 Å². The molecule has 0 N–H and O–H groups in total. The van der Waals surface area contributed by atoms with E-state index in [9.17, 15) is 0 Å². The van der Waals surface area contributed by atoms with Gasteiger partial charge < -0.3 is 8.98 Å². The summed E-state index contributed by atoms with van der Waals surface area (Å²) >= 11 is 1.80. The maximum Gasteiger partial charge on any atom is 0.164 e. The van der Waals surface area contributed by atoms with Gasteiger partial charge in [-0.25, -0.2) is 15.0 Å². The first-order valence-corrected chi connectivity index (χ1v) is 22.6. The number of hydrogen-bond donors (Lipinski definition) is 0. The lowest BCUT2D eigenvalue weighted by Gasteiger charge is -2.10. The zero-order chi connectivity index (χ0) is 42.6. The van der Waals surface area contributed by atoms with Gasteiger partial charge >= 0.3 is 0 Å². The lowest BCUT2D eigenvalue weighted by Crippen LogP contribution is -2.00. The molecule has 0 aliphatic rings. The first-order chi connectivity index (χ1) is 32.2. The predicted octanol–water partition coefficient (Wildman–Crippen LogP) is 16.2. The van der Waals surface area contributed by atoms with E-state index in [1.165, 1.54) is 58.2 Å². The fourth-order valence-electron chi connectivity index (χ4n) is 9.98. The molecule has 0 bridgehead atoms. The number of thiophene rings is 1. The molecule has 0 spiro atoms. The highest BCUT2D eigenvalue weighted by molar-refractivity contribution is 7.25. The number of furan rings is 1. The quantitative estimate of drug-likeness (QED) is 0.162. The molecule has 0 fully saturated rings. The second kappa shape index (κ2) is 14.0. The number of para-hydroxylation sites is 2. The van der Waals surface area contributed by atoms with E-state index in [-0.39, 0.29) is 0 Å². The molecule has 14 rings (SSSR count). The zero-order valence-electron chi connectivity index (χ0n) is 34.7. The third-order valence-electron chi connectivity index (χ3n) is 13.0. The van der Waals surface area contributed by atoms with Crippen molar-refractivity contribution >= 4 is 96.8 Å². The minimum absolute atomic E-state index is 0.646. The third kappa shape index (κ3) is 5.67.